The number of unbranched alkanes of at least 4 members (excludes halogenated alkanes) is 1. The fourth-order valence-electron chi connectivity index (χ4n) is 2.74. The summed E-state index contributed by atoms with van der Waals surface area (Å²) in [5.74, 6) is 0.818. The summed E-state index contributed by atoms with van der Waals surface area (Å²) in [6.45, 7) is 4.66. The first kappa shape index (κ1) is 21.8. The molecule has 2 N–H and O–H groups in total. The van der Waals surface area contributed by atoms with Crippen LogP contribution in [0, 0.1) is 0 Å². The van der Waals surface area contributed by atoms with Gasteiger partial charge in [-0.3, -0.25) is 0 Å². The molecule has 0 heterocycles. The van der Waals surface area contributed by atoms with Crippen molar-refractivity contribution >= 4 is 23.2 Å². The Labute approximate surface area is 171 Å². The maximum absolute atomic E-state index is 10.4. The summed E-state index contributed by atoms with van der Waals surface area (Å²) in [6.07, 6.45) is 2.42. The van der Waals surface area contributed by atoms with Crippen LogP contribution in [-0.4, -0.2) is 47.5 Å². The number of phenolic OH excluding ortho intramolecular Hbond substituents is 1. The Balaban J connectivity index is 1.84. The first-order valence-corrected chi connectivity index (χ1v) is 9.99. The Morgan fingerprint density at radius 3 is 2.44 bits per heavy atom. The molecule has 0 aliphatic heterocycles. The normalized spacial score (nSPS) is 12.3. The minimum Gasteiger partial charge on any atom is -0.508 e. The smallest absolute Gasteiger partial charge is 0.119 e. The Hall–Kier alpha value is -1.46. The van der Waals surface area contributed by atoms with Gasteiger partial charge in [0.2, 0.25) is 0 Å². The van der Waals surface area contributed by atoms with Crippen LogP contribution in [0.15, 0.2) is 42.5 Å². The van der Waals surface area contributed by atoms with Crippen molar-refractivity contribution in [1.82, 2.24) is 4.90 Å². The van der Waals surface area contributed by atoms with Crippen LogP contribution < -0.4 is 4.74 Å². The van der Waals surface area contributed by atoms with Crippen LogP contribution in [0.4, 0.5) is 0 Å². The molecule has 1 atom stereocenters. The van der Waals surface area contributed by atoms with E-state index in [1.807, 2.05) is 18.2 Å². The van der Waals surface area contributed by atoms with Crippen LogP contribution in [0.5, 0.6) is 11.5 Å². The van der Waals surface area contributed by atoms with Crippen LogP contribution >= 0.6 is 23.2 Å². The van der Waals surface area contributed by atoms with Crippen LogP contribution in [0.1, 0.15) is 25.3 Å². The third kappa shape index (κ3) is 7.97. The van der Waals surface area contributed by atoms with Crippen molar-refractivity contribution in [2.45, 2.75) is 32.3 Å². The number of hydrogen-bond acceptors (Lipinski definition) is 4. The minimum atomic E-state index is -0.593. The van der Waals surface area contributed by atoms with E-state index in [0.717, 1.165) is 37.9 Å². The van der Waals surface area contributed by atoms with Crippen LogP contribution in [0.3, 0.4) is 0 Å². The zero-order chi connectivity index (χ0) is 19.6. The molecule has 0 aliphatic rings. The lowest BCUT2D eigenvalue weighted by Gasteiger charge is -2.25. The second kappa shape index (κ2) is 11.4. The summed E-state index contributed by atoms with van der Waals surface area (Å²) in [4.78, 5) is 2.25. The number of hydrogen-bond donors (Lipinski definition) is 2. The van der Waals surface area contributed by atoms with Gasteiger partial charge in [-0.15, -0.1) is 0 Å². The molecular weight excluding hydrogens is 385 g/mol. The van der Waals surface area contributed by atoms with E-state index in [2.05, 4.69) is 11.8 Å². The molecular formula is C21H27Cl2NO3. The lowest BCUT2D eigenvalue weighted by Crippen LogP contribution is -2.37. The van der Waals surface area contributed by atoms with E-state index in [9.17, 15) is 10.2 Å². The monoisotopic (exact) mass is 411 g/mol. The molecule has 2 aromatic rings. The minimum absolute atomic E-state index is 0.191. The first-order chi connectivity index (χ1) is 13.0. The SMILES string of the molecule is CCCCN(CCc1ccc(Cl)c(Cl)c1)CC(O)COc1ccc(O)cc1. The molecule has 0 spiro atoms. The van der Waals surface area contributed by atoms with Gasteiger partial charge in [-0.25, -0.2) is 0 Å². The second-order valence-corrected chi connectivity index (χ2v) is 7.43. The summed E-state index contributed by atoms with van der Waals surface area (Å²) in [7, 11) is 0. The topological polar surface area (TPSA) is 52.9 Å². The average Bonchev–Trinajstić information content (AvgIpc) is 2.66. The number of ether oxygens (including phenoxy) is 1. The molecule has 0 radical (unpaired) electrons. The molecule has 6 heteroatoms. The van der Waals surface area contributed by atoms with Crippen molar-refractivity contribution in [2.75, 3.05) is 26.2 Å². The van der Waals surface area contributed by atoms with Gasteiger partial charge in [-0.2, -0.15) is 0 Å². The van der Waals surface area contributed by atoms with E-state index in [4.69, 9.17) is 27.9 Å². The van der Waals surface area contributed by atoms with Gasteiger partial charge in [-0.05, 0) is 61.3 Å². The number of aliphatic hydroxyl groups is 1. The maximum Gasteiger partial charge on any atom is 0.119 e. The molecule has 27 heavy (non-hydrogen) atoms. The van der Waals surface area contributed by atoms with E-state index in [1.54, 1.807) is 24.3 Å². The number of benzene rings is 2. The van der Waals surface area contributed by atoms with Crippen molar-refractivity contribution in [3.8, 4) is 11.5 Å². The lowest BCUT2D eigenvalue weighted by molar-refractivity contribution is 0.0680. The van der Waals surface area contributed by atoms with Crippen molar-refractivity contribution < 1.29 is 14.9 Å². The average molecular weight is 412 g/mol. The van der Waals surface area contributed by atoms with Gasteiger partial charge < -0.3 is 19.8 Å². The molecule has 0 amide bonds. The summed E-state index contributed by atoms with van der Waals surface area (Å²) in [5, 5.41) is 20.8. The van der Waals surface area contributed by atoms with Gasteiger partial charge in [0.15, 0.2) is 0 Å². The summed E-state index contributed by atoms with van der Waals surface area (Å²) < 4.78 is 5.60. The molecule has 2 rings (SSSR count). The van der Waals surface area contributed by atoms with Crippen molar-refractivity contribution in [1.29, 1.82) is 0 Å². The predicted octanol–water partition coefficient (Wildman–Crippen LogP) is 4.78. The van der Waals surface area contributed by atoms with Crippen LogP contribution in [0.2, 0.25) is 10.0 Å². The molecule has 4 nitrogen and oxygen atoms in total. The maximum atomic E-state index is 10.4. The van der Waals surface area contributed by atoms with Gasteiger partial charge in [0.25, 0.3) is 0 Å². The van der Waals surface area contributed by atoms with E-state index in [1.165, 1.54) is 0 Å². The van der Waals surface area contributed by atoms with Gasteiger partial charge in [0.05, 0.1) is 10.0 Å². The highest BCUT2D eigenvalue weighted by molar-refractivity contribution is 6.42. The second-order valence-electron chi connectivity index (χ2n) is 6.61. The van der Waals surface area contributed by atoms with Crippen LogP contribution in [0.25, 0.3) is 0 Å². The zero-order valence-corrected chi connectivity index (χ0v) is 17.1. The fourth-order valence-corrected chi connectivity index (χ4v) is 3.06. The number of nitrogens with zero attached hydrogens (tertiary/aromatic N) is 1. The highest BCUT2D eigenvalue weighted by Gasteiger charge is 2.13. The van der Waals surface area contributed by atoms with E-state index in [0.29, 0.717) is 22.3 Å². The first-order valence-electron chi connectivity index (χ1n) is 9.24. The van der Waals surface area contributed by atoms with Gasteiger partial charge in [-0.1, -0.05) is 42.6 Å². The van der Waals surface area contributed by atoms with Crippen molar-refractivity contribution in [3.05, 3.63) is 58.1 Å². The predicted molar refractivity (Wildman–Crippen MR) is 111 cm³/mol. The lowest BCUT2D eigenvalue weighted by atomic mass is 10.1. The molecule has 2 aromatic carbocycles. The molecule has 0 saturated heterocycles. The largest absolute Gasteiger partial charge is 0.508 e. The molecule has 0 fully saturated rings. The summed E-state index contributed by atoms with van der Waals surface area (Å²) in [6, 6.07) is 12.2. The number of rotatable bonds is 11. The fraction of sp³-hybridized carbons (Fsp3) is 0.429. The van der Waals surface area contributed by atoms with E-state index < -0.39 is 6.10 Å². The third-order valence-corrected chi connectivity index (χ3v) is 5.02. The summed E-state index contributed by atoms with van der Waals surface area (Å²) >= 11 is 12.1. The standard InChI is InChI=1S/C21H27Cl2NO3/c1-2-3-11-24(12-10-16-4-9-20(22)21(23)13-16)14-18(26)15-27-19-7-5-17(25)6-8-19/h4-9,13,18,25-26H,2-3,10-12,14-15H2,1H3. The quantitative estimate of drug-likeness (QED) is 0.558. The molecule has 0 aromatic heterocycles. The van der Waals surface area contributed by atoms with Crippen LogP contribution in [-0.2, 0) is 6.42 Å². The van der Waals surface area contributed by atoms with E-state index >= 15 is 0 Å². The van der Waals surface area contributed by atoms with Crippen molar-refractivity contribution in [2.24, 2.45) is 0 Å². The van der Waals surface area contributed by atoms with Gasteiger partial charge in [0.1, 0.15) is 24.2 Å². The summed E-state index contributed by atoms with van der Waals surface area (Å²) in [5.41, 5.74) is 1.13. The zero-order valence-electron chi connectivity index (χ0n) is 15.6. The number of halogens is 2. The molecule has 148 valence electrons. The third-order valence-electron chi connectivity index (χ3n) is 4.28. The number of aromatic hydroxyl groups is 1. The highest BCUT2D eigenvalue weighted by Crippen LogP contribution is 2.23. The van der Waals surface area contributed by atoms with Crippen molar-refractivity contribution in [3.63, 3.8) is 0 Å². The Bertz CT molecular complexity index is 694. The van der Waals surface area contributed by atoms with Gasteiger partial charge >= 0.3 is 0 Å². The molecule has 0 aliphatic carbocycles. The molecule has 1 unspecified atom stereocenters. The Kier molecular flexibility index (Phi) is 9.22. The number of aliphatic hydroxyl groups excluding tert-OH is 1. The Morgan fingerprint density at radius 1 is 1.04 bits per heavy atom. The molecule has 0 bridgehead atoms. The molecule has 0 saturated carbocycles. The highest BCUT2D eigenvalue weighted by atomic mass is 35.5. The van der Waals surface area contributed by atoms with Gasteiger partial charge in [0, 0.05) is 13.1 Å². The van der Waals surface area contributed by atoms with E-state index in [-0.39, 0.29) is 12.4 Å². The number of phenols is 1. The Morgan fingerprint density at radius 2 is 1.78 bits per heavy atom.